The van der Waals surface area contributed by atoms with E-state index >= 15 is 0 Å². The maximum Gasteiger partial charge on any atom is 0.0754 e. The highest BCUT2D eigenvalue weighted by Crippen LogP contribution is 2.63. The number of aromatic nitrogens is 2. The van der Waals surface area contributed by atoms with Gasteiger partial charge >= 0.3 is 0 Å². The van der Waals surface area contributed by atoms with Crippen LogP contribution in [0.15, 0.2) is 218 Å². The van der Waals surface area contributed by atoms with Gasteiger partial charge in [0, 0.05) is 21.5 Å². The van der Waals surface area contributed by atoms with Gasteiger partial charge < -0.3 is 9.13 Å². The number of hydrogen-bond donors (Lipinski definition) is 0. The molecule has 0 radical (unpaired) electrons. The Morgan fingerprint density at radius 3 is 1.35 bits per heavy atom. The van der Waals surface area contributed by atoms with Crippen molar-refractivity contribution < 1.29 is 0 Å². The van der Waals surface area contributed by atoms with Gasteiger partial charge in [-0.25, -0.2) is 0 Å². The molecule has 308 valence electrons. The predicted molar refractivity (Wildman–Crippen MR) is 273 cm³/mol. The highest BCUT2D eigenvalue weighted by molar-refractivity contribution is 6.14. The SMILES string of the molecule is Cc1ccc2c(c1)C1(c3ccccc3-2)c2ccccc2-n2c3ccccc3c3cccc1c32.Cc1cccc2c1-c1ccccc1C21c2ccccc2-n2c3ccccc3c3cccc1c32. The zero-order chi connectivity index (χ0) is 43.5. The quantitative estimate of drug-likeness (QED) is 0.144. The van der Waals surface area contributed by atoms with Crippen LogP contribution in [-0.2, 0) is 10.8 Å². The Morgan fingerprint density at radius 1 is 0.303 bits per heavy atom. The summed E-state index contributed by atoms with van der Waals surface area (Å²) in [5, 5.41) is 5.29. The fraction of sp³-hybridized carbons (Fsp3) is 0.0625. The zero-order valence-corrected chi connectivity index (χ0v) is 36.7. The van der Waals surface area contributed by atoms with Crippen molar-refractivity contribution in [3.63, 3.8) is 0 Å². The lowest BCUT2D eigenvalue weighted by Crippen LogP contribution is -2.33. The fourth-order valence-electron chi connectivity index (χ4n) is 13.5. The normalized spacial score (nSPS) is 17.4. The van der Waals surface area contributed by atoms with Gasteiger partial charge in [-0.3, -0.25) is 0 Å². The minimum Gasteiger partial charge on any atom is -0.309 e. The van der Waals surface area contributed by atoms with Crippen LogP contribution in [0.2, 0.25) is 0 Å². The van der Waals surface area contributed by atoms with E-state index in [4.69, 9.17) is 0 Å². The smallest absolute Gasteiger partial charge is 0.0754 e. The van der Waals surface area contributed by atoms with Crippen molar-refractivity contribution in [3.05, 3.63) is 274 Å². The fourth-order valence-corrected chi connectivity index (χ4v) is 13.5. The number of benzene rings is 10. The minimum absolute atomic E-state index is 0.321. The van der Waals surface area contributed by atoms with Crippen LogP contribution in [0, 0.1) is 13.8 Å². The molecule has 2 spiro atoms. The van der Waals surface area contributed by atoms with Crippen LogP contribution >= 0.6 is 0 Å². The van der Waals surface area contributed by atoms with Crippen LogP contribution in [0.4, 0.5) is 0 Å². The van der Waals surface area contributed by atoms with Crippen LogP contribution in [-0.4, -0.2) is 9.13 Å². The summed E-state index contributed by atoms with van der Waals surface area (Å²) in [6, 6.07) is 81.4. The molecule has 2 heteroatoms. The summed E-state index contributed by atoms with van der Waals surface area (Å²) in [6.07, 6.45) is 0. The molecule has 2 atom stereocenters. The van der Waals surface area contributed by atoms with Gasteiger partial charge in [0.1, 0.15) is 0 Å². The summed E-state index contributed by atoms with van der Waals surface area (Å²) in [6.45, 7) is 4.46. The van der Waals surface area contributed by atoms with E-state index in [0.29, 0.717) is 0 Å². The highest BCUT2D eigenvalue weighted by atomic mass is 15.0. The Morgan fingerprint density at radius 2 is 0.727 bits per heavy atom. The van der Waals surface area contributed by atoms with Crippen LogP contribution in [0.25, 0.3) is 77.2 Å². The Bertz CT molecular complexity index is 3930. The molecule has 0 saturated carbocycles. The molecule has 4 aliphatic rings. The third kappa shape index (κ3) is 4.16. The van der Waals surface area contributed by atoms with Gasteiger partial charge in [-0.15, -0.1) is 0 Å². The van der Waals surface area contributed by atoms with E-state index in [2.05, 4.69) is 241 Å². The van der Waals surface area contributed by atoms with Crippen molar-refractivity contribution >= 4 is 43.6 Å². The lowest BCUT2D eigenvalue weighted by molar-refractivity contribution is 0.747. The monoisotopic (exact) mass is 838 g/mol. The van der Waals surface area contributed by atoms with E-state index in [0.717, 1.165) is 0 Å². The van der Waals surface area contributed by atoms with Crippen molar-refractivity contribution in [1.29, 1.82) is 0 Å². The molecule has 2 aliphatic heterocycles. The molecular weight excluding hydrogens is 797 g/mol. The Balaban J connectivity index is 0.000000121. The molecule has 0 saturated heterocycles. The molecule has 0 fully saturated rings. The second-order valence-corrected chi connectivity index (χ2v) is 18.8. The Kier molecular flexibility index (Phi) is 6.98. The van der Waals surface area contributed by atoms with Crippen molar-refractivity contribution in [1.82, 2.24) is 9.13 Å². The first-order valence-electron chi connectivity index (χ1n) is 23.3. The molecule has 0 amide bonds. The number of fused-ring (bicyclic) bond motifs is 24. The molecule has 2 aliphatic carbocycles. The van der Waals surface area contributed by atoms with Crippen LogP contribution in [0.1, 0.15) is 55.6 Å². The molecule has 16 rings (SSSR count). The molecule has 2 nitrogen and oxygen atoms in total. The lowest BCUT2D eigenvalue weighted by Gasteiger charge is -2.39. The second-order valence-electron chi connectivity index (χ2n) is 18.8. The summed E-state index contributed by atoms with van der Waals surface area (Å²) >= 11 is 0. The first-order chi connectivity index (χ1) is 32.6. The van der Waals surface area contributed by atoms with Gasteiger partial charge in [-0.05, 0) is 110 Å². The third-order valence-corrected chi connectivity index (χ3v) is 15.8. The maximum atomic E-state index is 2.50. The number of rotatable bonds is 0. The van der Waals surface area contributed by atoms with Crippen molar-refractivity contribution in [2.75, 3.05) is 0 Å². The van der Waals surface area contributed by atoms with Gasteiger partial charge in [-0.1, -0.05) is 200 Å². The van der Waals surface area contributed by atoms with Crippen molar-refractivity contribution in [3.8, 4) is 33.6 Å². The summed E-state index contributed by atoms with van der Waals surface area (Å²) < 4.78 is 4.99. The summed E-state index contributed by atoms with van der Waals surface area (Å²) in [4.78, 5) is 0. The van der Waals surface area contributed by atoms with Gasteiger partial charge in [0.15, 0.2) is 0 Å². The lowest BCUT2D eigenvalue weighted by atomic mass is 9.65. The maximum absolute atomic E-state index is 2.50. The molecule has 66 heavy (non-hydrogen) atoms. The first-order valence-corrected chi connectivity index (χ1v) is 23.3. The number of hydrogen-bond acceptors (Lipinski definition) is 0. The first kappa shape index (κ1) is 36.2. The Hall–Kier alpha value is -8.20. The van der Waals surface area contributed by atoms with E-state index in [-0.39, 0.29) is 10.8 Å². The van der Waals surface area contributed by atoms with Crippen LogP contribution in [0.3, 0.4) is 0 Å². The molecule has 10 aromatic carbocycles. The van der Waals surface area contributed by atoms with Gasteiger partial charge in [0.05, 0.1) is 44.3 Å². The van der Waals surface area contributed by atoms with Crippen molar-refractivity contribution in [2.45, 2.75) is 24.7 Å². The molecular formula is C64H42N2. The average Bonchev–Trinajstić information content (AvgIpc) is 4.07. The van der Waals surface area contributed by atoms with Gasteiger partial charge in [0.2, 0.25) is 0 Å². The average molecular weight is 839 g/mol. The molecule has 0 N–H and O–H groups in total. The molecule has 2 aromatic heterocycles. The van der Waals surface area contributed by atoms with E-state index in [1.165, 1.54) is 133 Å². The summed E-state index contributed by atoms with van der Waals surface area (Å²) in [7, 11) is 0. The number of aryl methyl sites for hydroxylation is 2. The predicted octanol–water partition coefficient (Wildman–Crippen LogP) is 15.5. The van der Waals surface area contributed by atoms with E-state index in [1.54, 1.807) is 0 Å². The zero-order valence-electron chi connectivity index (χ0n) is 36.7. The molecule has 4 heterocycles. The van der Waals surface area contributed by atoms with E-state index in [9.17, 15) is 0 Å². The Labute approximate surface area is 383 Å². The second kappa shape index (κ2) is 12.7. The molecule has 0 bridgehead atoms. The number of para-hydroxylation sites is 6. The highest BCUT2D eigenvalue weighted by Gasteiger charge is 2.52. The van der Waals surface area contributed by atoms with Gasteiger partial charge in [-0.2, -0.15) is 0 Å². The summed E-state index contributed by atoms with van der Waals surface area (Å²) in [5.41, 5.74) is 26.3. The van der Waals surface area contributed by atoms with E-state index < -0.39 is 0 Å². The van der Waals surface area contributed by atoms with Crippen LogP contribution in [0.5, 0.6) is 0 Å². The summed E-state index contributed by atoms with van der Waals surface area (Å²) in [5.74, 6) is 0. The molecule has 2 unspecified atom stereocenters. The topological polar surface area (TPSA) is 9.86 Å². The third-order valence-electron chi connectivity index (χ3n) is 15.8. The van der Waals surface area contributed by atoms with Crippen LogP contribution < -0.4 is 0 Å². The van der Waals surface area contributed by atoms with Gasteiger partial charge in [0.25, 0.3) is 0 Å². The van der Waals surface area contributed by atoms with E-state index in [1.807, 2.05) is 0 Å². The standard InChI is InChI=1S/2C32H21N/c1-20-10-8-16-26-30(20)23-12-2-4-14-24(23)32(26)25-15-5-7-19-29(25)33-28-18-6-3-11-21(28)22-13-9-17-27(32)31(22)33;1-20-17-18-22-21-9-2-4-12-25(21)32(28(22)19-20)26-13-5-7-16-30(26)33-29-15-6-3-10-23(29)24-11-8-14-27(32)31(24)33/h2*2-19H,1H3. The number of nitrogens with zero attached hydrogens (tertiary/aromatic N) is 2. The largest absolute Gasteiger partial charge is 0.309 e. The molecule has 12 aromatic rings. The van der Waals surface area contributed by atoms with Crippen molar-refractivity contribution in [2.24, 2.45) is 0 Å². The minimum atomic E-state index is -0.321.